The van der Waals surface area contributed by atoms with Gasteiger partial charge in [-0.05, 0) is 37.1 Å². The van der Waals surface area contributed by atoms with Gasteiger partial charge >= 0.3 is 6.03 Å². The van der Waals surface area contributed by atoms with Crippen molar-refractivity contribution in [3.05, 3.63) is 29.3 Å². The summed E-state index contributed by atoms with van der Waals surface area (Å²) in [6, 6.07) is 4.80. The maximum Gasteiger partial charge on any atom is 0.323 e. The fourth-order valence-corrected chi connectivity index (χ4v) is 2.02. The van der Waals surface area contributed by atoms with Gasteiger partial charge < -0.3 is 5.32 Å². The molecule has 0 bridgehead atoms. The highest BCUT2D eigenvalue weighted by atomic mass is 35.6. The number of anilines is 1. The molecule has 1 rings (SSSR count). The number of rotatable bonds is 2. The smallest absolute Gasteiger partial charge is 0.308 e. The van der Waals surface area contributed by atoms with E-state index in [2.05, 4.69) is 5.32 Å². The fraction of sp³-hybridized carbons (Fsp3) is 0.417. The summed E-state index contributed by atoms with van der Waals surface area (Å²) in [6.07, 6.45) is -2.04. The van der Waals surface area contributed by atoms with Gasteiger partial charge in [0.15, 0.2) is 0 Å². The van der Waals surface area contributed by atoms with E-state index in [4.69, 9.17) is 34.8 Å². The predicted octanol–water partition coefficient (Wildman–Crippen LogP) is 4.43. The summed E-state index contributed by atoms with van der Waals surface area (Å²) in [5, 5.41) is 2.55. The second-order valence-electron chi connectivity index (χ2n) is 4.29. The van der Waals surface area contributed by atoms with Crippen molar-refractivity contribution in [2.45, 2.75) is 23.9 Å². The average Bonchev–Trinajstić information content (AvgIpc) is 2.24. The van der Waals surface area contributed by atoms with E-state index in [9.17, 15) is 9.18 Å². The Balaban J connectivity index is 2.79. The lowest BCUT2D eigenvalue weighted by molar-refractivity contribution is 0.137. The number of aryl methyl sites for hydroxylation is 2. The summed E-state index contributed by atoms with van der Waals surface area (Å²) in [5.74, 6) is 0. The van der Waals surface area contributed by atoms with Crippen LogP contribution in [0.2, 0.25) is 0 Å². The van der Waals surface area contributed by atoms with Crippen LogP contribution < -0.4 is 5.32 Å². The molecule has 0 aliphatic heterocycles. The molecule has 0 spiro atoms. The number of nitrogens with zero attached hydrogens (tertiary/aromatic N) is 1. The zero-order valence-corrected chi connectivity index (χ0v) is 12.9. The van der Waals surface area contributed by atoms with Crippen molar-refractivity contribution in [3.8, 4) is 0 Å². The van der Waals surface area contributed by atoms with Crippen molar-refractivity contribution in [3.63, 3.8) is 0 Å². The van der Waals surface area contributed by atoms with Crippen molar-refractivity contribution < 1.29 is 9.18 Å². The molecule has 0 saturated carbocycles. The van der Waals surface area contributed by atoms with E-state index < -0.39 is 16.1 Å². The molecule has 3 nitrogen and oxygen atoms in total. The topological polar surface area (TPSA) is 32.3 Å². The maximum absolute atomic E-state index is 13.7. The van der Waals surface area contributed by atoms with Gasteiger partial charge in [-0.25, -0.2) is 9.18 Å². The van der Waals surface area contributed by atoms with Gasteiger partial charge in [0.1, 0.15) is 0 Å². The molecule has 0 aliphatic rings. The number of halogens is 4. The summed E-state index contributed by atoms with van der Waals surface area (Å²) in [5.41, 5.74) is 2.53. The lowest BCUT2D eigenvalue weighted by Gasteiger charge is -2.26. The van der Waals surface area contributed by atoms with Crippen LogP contribution in [0.15, 0.2) is 18.2 Å². The molecule has 0 fully saturated rings. The van der Waals surface area contributed by atoms with Crippen molar-refractivity contribution in [1.29, 1.82) is 0 Å². The van der Waals surface area contributed by atoms with Crippen molar-refractivity contribution in [2.75, 3.05) is 12.4 Å². The van der Waals surface area contributed by atoms with Crippen molar-refractivity contribution >= 4 is 46.5 Å². The third-order valence-corrected chi connectivity index (χ3v) is 2.94. The zero-order valence-electron chi connectivity index (χ0n) is 10.7. The fourth-order valence-electron chi connectivity index (χ4n) is 1.58. The number of hydrogen-bond acceptors (Lipinski definition) is 1. The molecular formula is C12H14Cl3FN2O. The van der Waals surface area contributed by atoms with E-state index >= 15 is 0 Å². The third-order valence-electron chi connectivity index (χ3n) is 2.40. The number of benzene rings is 1. The standard InChI is InChI=1S/C12H14Cl3FN2O/c1-7-4-8(2)6-9(5-7)17-11(19)18(3)10(16)12(13,14)15/h4-6,10H,1-3H3,(H,17,19). The number of nitrogens with one attached hydrogen (secondary N) is 1. The zero-order chi connectivity index (χ0) is 14.8. The molecule has 1 unspecified atom stereocenters. The number of hydrogen-bond donors (Lipinski definition) is 1. The van der Waals surface area contributed by atoms with Crippen LogP contribution in [0.3, 0.4) is 0 Å². The van der Waals surface area contributed by atoms with Crippen molar-refractivity contribution in [1.82, 2.24) is 4.90 Å². The normalized spacial score (nSPS) is 13.0. The molecular weight excluding hydrogens is 314 g/mol. The largest absolute Gasteiger partial charge is 0.323 e. The minimum atomic E-state index is -2.19. The average molecular weight is 328 g/mol. The van der Waals surface area contributed by atoms with Crippen LogP contribution in [0.4, 0.5) is 14.9 Å². The molecule has 19 heavy (non-hydrogen) atoms. The Labute approximate surface area is 126 Å². The summed E-state index contributed by atoms with van der Waals surface area (Å²) < 4.78 is 11.5. The van der Waals surface area contributed by atoms with Gasteiger partial charge in [-0.3, -0.25) is 4.90 Å². The van der Waals surface area contributed by atoms with Gasteiger partial charge in [0.05, 0.1) is 0 Å². The lowest BCUT2D eigenvalue weighted by atomic mass is 10.1. The minimum Gasteiger partial charge on any atom is -0.308 e. The number of urea groups is 1. The molecule has 0 aliphatic carbocycles. The minimum absolute atomic E-state index is 0.561. The Kier molecular flexibility index (Phi) is 5.30. The molecule has 1 aromatic carbocycles. The molecule has 7 heteroatoms. The van der Waals surface area contributed by atoms with Gasteiger partial charge in [-0.15, -0.1) is 0 Å². The van der Waals surface area contributed by atoms with E-state index in [1.807, 2.05) is 19.9 Å². The summed E-state index contributed by atoms with van der Waals surface area (Å²) in [7, 11) is 1.21. The highest BCUT2D eigenvalue weighted by molar-refractivity contribution is 6.68. The first kappa shape index (κ1) is 16.3. The number of carbonyl (C=O) groups excluding carboxylic acids is 1. The van der Waals surface area contributed by atoms with Gasteiger partial charge in [0, 0.05) is 12.7 Å². The van der Waals surface area contributed by atoms with E-state index in [1.54, 1.807) is 12.1 Å². The van der Waals surface area contributed by atoms with E-state index in [0.717, 1.165) is 11.1 Å². The molecule has 0 heterocycles. The van der Waals surface area contributed by atoms with E-state index in [0.29, 0.717) is 10.6 Å². The Morgan fingerprint density at radius 3 is 2.16 bits per heavy atom. The van der Waals surface area contributed by atoms with E-state index in [-0.39, 0.29) is 0 Å². The highest BCUT2D eigenvalue weighted by Crippen LogP contribution is 2.34. The Morgan fingerprint density at radius 2 is 1.74 bits per heavy atom. The highest BCUT2D eigenvalue weighted by Gasteiger charge is 2.38. The van der Waals surface area contributed by atoms with Crippen LogP contribution in [0, 0.1) is 13.8 Å². The molecule has 0 saturated heterocycles. The van der Waals surface area contributed by atoms with Gasteiger partial charge in [0.2, 0.25) is 10.1 Å². The molecule has 0 radical (unpaired) electrons. The van der Waals surface area contributed by atoms with Crippen molar-refractivity contribution in [2.24, 2.45) is 0 Å². The first-order valence-corrected chi connectivity index (χ1v) is 6.57. The molecule has 0 aromatic heterocycles. The molecule has 1 N–H and O–H groups in total. The molecule has 1 atom stereocenters. The maximum atomic E-state index is 13.7. The van der Waals surface area contributed by atoms with Crippen LogP contribution in [0.5, 0.6) is 0 Å². The Bertz CT molecular complexity index is 456. The Hall–Kier alpha value is -0.710. The number of alkyl halides is 4. The quantitative estimate of drug-likeness (QED) is 0.632. The second-order valence-corrected chi connectivity index (χ2v) is 6.66. The van der Waals surface area contributed by atoms with Gasteiger partial charge in [0.25, 0.3) is 0 Å². The summed E-state index contributed by atoms with van der Waals surface area (Å²) >= 11 is 16.2. The molecule has 1 aromatic rings. The Morgan fingerprint density at radius 1 is 1.26 bits per heavy atom. The molecule has 106 valence electrons. The number of amides is 2. The van der Waals surface area contributed by atoms with Crippen LogP contribution in [-0.2, 0) is 0 Å². The lowest BCUT2D eigenvalue weighted by Crippen LogP contribution is -2.44. The number of carbonyl (C=O) groups is 1. The van der Waals surface area contributed by atoms with Gasteiger partial charge in [-0.1, -0.05) is 40.9 Å². The van der Waals surface area contributed by atoms with Crippen LogP contribution in [0.1, 0.15) is 11.1 Å². The predicted molar refractivity (Wildman–Crippen MR) is 77.9 cm³/mol. The molecule has 2 amide bonds. The summed E-state index contributed by atoms with van der Waals surface area (Å²) in [6.45, 7) is 3.79. The van der Waals surface area contributed by atoms with Crippen LogP contribution >= 0.6 is 34.8 Å². The van der Waals surface area contributed by atoms with E-state index in [1.165, 1.54) is 7.05 Å². The van der Waals surface area contributed by atoms with Crippen LogP contribution in [-0.4, -0.2) is 28.1 Å². The van der Waals surface area contributed by atoms with Gasteiger partial charge in [-0.2, -0.15) is 0 Å². The first-order chi connectivity index (χ1) is 8.61. The first-order valence-electron chi connectivity index (χ1n) is 5.44. The summed E-state index contributed by atoms with van der Waals surface area (Å²) in [4.78, 5) is 12.5. The third kappa shape index (κ3) is 4.71. The SMILES string of the molecule is Cc1cc(C)cc(NC(=O)N(C)C(F)C(Cl)(Cl)Cl)c1. The second kappa shape index (κ2) is 6.16. The van der Waals surface area contributed by atoms with Crippen LogP contribution in [0.25, 0.3) is 0 Å². The monoisotopic (exact) mass is 326 g/mol.